The highest BCUT2D eigenvalue weighted by Crippen LogP contribution is 2.26. The molecule has 3 aromatic carbocycles. The van der Waals surface area contributed by atoms with Crippen LogP contribution in [0, 0.1) is 13.8 Å². The van der Waals surface area contributed by atoms with Crippen LogP contribution in [0.25, 0.3) is 0 Å². The zero-order chi connectivity index (χ0) is 27.2. The van der Waals surface area contributed by atoms with Crippen molar-refractivity contribution in [3.8, 4) is 0 Å². The third-order valence-electron chi connectivity index (χ3n) is 5.92. The van der Waals surface area contributed by atoms with Crippen molar-refractivity contribution in [3.63, 3.8) is 0 Å². The summed E-state index contributed by atoms with van der Waals surface area (Å²) in [4.78, 5) is 28.0. The molecule has 3 aromatic rings. The number of rotatable bonds is 10. The average molecular weight is 542 g/mol. The van der Waals surface area contributed by atoms with Crippen LogP contribution >= 0.6 is 11.6 Å². The molecule has 1 atom stereocenters. The summed E-state index contributed by atoms with van der Waals surface area (Å²) >= 11 is 5.98. The first-order chi connectivity index (χ1) is 17.5. The topological polar surface area (TPSA) is 86.8 Å². The van der Waals surface area contributed by atoms with Gasteiger partial charge in [-0.1, -0.05) is 53.6 Å². The Morgan fingerprint density at radius 2 is 1.57 bits per heavy atom. The van der Waals surface area contributed by atoms with Gasteiger partial charge in [0.15, 0.2) is 0 Å². The Kier molecular flexibility index (Phi) is 9.34. The minimum Gasteiger partial charge on any atom is -0.355 e. The maximum absolute atomic E-state index is 13.8. The lowest BCUT2D eigenvalue weighted by Crippen LogP contribution is -2.51. The van der Waals surface area contributed by atoms with Crippen molar-refractivity contribution in [2.24, 2.45) is 0 Å². The number of benzene rings is 3. The normalized spacial score (nSPS) is 12.0. The van der Waals surface area contributed by atoms with E-state index in [2.05, 4.69) is 5.32 Å². The number of hydrogen-bond donors (Lipinski definition) is 1. The molecule has 1 N–H and O–H groups in total. The van der Waals surface area contributed by atoms with Crippen molar-refractivity contribution in [1.82, 2.24) is 10.2 Å². The average Bonchev–Trinajstić information content (AvgIpc) is 2.85. The predicted octanol–water partition coefficient (Wildman–Crippen LogP) is 4.71. The molecule has 2 amide bonds. The number of amides is 2. The van der Waals surface area contributed by atoms with E-state index in [9.17, 15) is 18.0 Å². The number of sulfonamides is 1. The fourth-order valence-corrected chi connectivity index (χ4v) is 5.49. The number of nitrogens with one attached hydrogen (secondary N) is 1. The third kappa shape index (κ3) is 7.11. The van der Waals surface area contributed by atoms with E-state index in [1.54, 1.807) is 32.0 Å². The highest BCUT2D eigenvalue weighted by Gasteiger charge is 2.32. The zero-order valence-corrected chi connectivity index (χ0v) is 23.0. The van der Waals surface area contributed by atoms with Gasteiger partial charge in [0.1, 0.15) is 12.6 Å². The molecule has 3 rings (SSSR count). The minimum absolute atomic E-state index is 0.00761. The molecule has 0 aliphatic heterocycles. The van der Waals surface area contributed by atoms with E-state index in [1.165, 1.54) is 29.2 Å². The highest BCUT2D eigenvalue weighted by molar-refractivity contribution is 7.92. The van der Waals surface area contributed by atoms with Gasteiger partial charge >= 0.3 is 0 Å². The van der Waals surface area contributed by atoms with Crippen LogP contribution in [-0.2, 0) is 26.2 Å². The van der Waals surface area contributed by atoms with Crippen LogP contribution in [0.4, 0.5) is 5.69 Å². The molecule has 7 nitrogen and oxygen atoms in total. The van der Waals surface area contributed by atoms with Crippen molar-refractivity contribution >= 4 is 39.1 Å². The Labute approximate surface area is 224 Å². The van der Waals surface area contributed by atoms with Crippen LogP contribution in [0.5, 0.6) is 0 Å². The summed E-state index contributed by atoms with van der Waals surface area (Å²) in [5, 5.41) is 3.15. The van der Waals surface area contributed by atoms with Crippen LogP contribution in [0.2, 0.25) is 5.02 Å². The Balaban J connectivity index is 2.03. The number of aryl methyl sites for hydroxylation is 2. The molecule has 0 aliphatic rings. The number of nitrogens with zero attached hydrogens (tertiary/aromatic N) is 2. The molecule has 37 heavy (non-hydrogen) atoms. The second-order valence-electron chi connectivity index (χ2n) is 8.89. The predicted molar refractivity (Wildman–Crippen MR) is 147 cm³/mol. The zero-order valence-electron chi connectivity index (χ0n) is 21.4. The van der Waals surface area contributed by atoms with Gasteiger partial charge in [-0.25, -0.2) is 8.42 Å². The monoisotopic (exact) mass is 541 g/mol. The van der Waals surface area contributed by atoms with E-state index in [0.29, 0.717) is 17.3 Å². The van der Waals surface area contributed by atoms with Crippen LogP contribution in [-0.4, -0.2) is 44.3 Å². The van der Waals surface area contributed by atoms with E-state index >= 15 is 0 Å². The van der Waals surface area contributed by atoms with Gasteiger partial charge in [-0.05, 0) is 75.2 Å². The van der Waals surface area contributed by atoms with Crippen molar-refractivity contribution in [2.45, 2.75) is 45.2 Å². The summed E-state index contributed by atoms with van der Waals surface area (Å²) in [6.45, 7) is 7.32. The smallest absolute Gasteiger partial charge is 0.264 e. The maximum atomic E-state index is 13.8. The molecular formula is C28H32ClN3O4S. The number of likely N-dealkylation sites (N-methyl/N-ethyl adjacent to an activating group) is 1. The van der Waals surface area contributed by atoms with Crippen molar-refractivity contribution in [1.29, 1.82) is 0 Å². The fraction of sp³-hybridized carbons (Fsp3) is 0.286. The van der Waals surface area contributed by atoms with Gasteiger partial charge in [-0.3, -0.25) is 13.9 Å². The molecule has 0 bridgehead atoms. The number of carbonyl (C=O) groups excluding carboxylic acids is 2. The van der Waals surface area contributed by atoms with Gasteiger partial charge in [0.2, 0.25) is 11.8 Å². The van der Waals surface area contributed by atoms with E-state index in [-0.39, 0.29) is 17.3 Å². The summed E-state index contributed by atoms with van der Waals surface area (Å²) in [5.41, 5.74) is 3.05. The Morgan fingerprint density at radius 1 is 0.946 bits per heavy atom. The van der Waals surface area contributed by atoms with Crippen molar-refractivity contribution in [3.05, 3.63) is 94.5 Å². The van der Waals surface area contributed by atoms with Gasteiger partial charge < -0.3 is 10.2 Å². The molecule has 0 fully saturated rings. The molecule has 0 saturated carbocycles. The molecular weight excluding hydrogens is 510 g/mol. The standard InChI is InChI=1S/C28H32ClN3O4S/c1-5-30-28(34)22(4)31(18-23-10-6-8-20(2)16-23)27(33)19-32(25-11-7-9-21(3)17-25)37(35,36)26-14-12-24(29)13-15-26/h6-17,22H,5,18-19H2,1-4H3,(H,30,34)/t22-/m1/s1. The lowest BCUT2D eigenvalue weighted by Gasteiger charge is -2.32. The molecule has 0 radical (unpaired) electrons. The Hall–Kier alpha value is -3.36. The van der Waals surface area contributed by atoms with Crippen molar-refractivity contribution in [2.75, 3.05) is 17.4 Å². The van der Waals surface area contributed by atoms with Crippen LogP contribution in [0.1, 0.15) is 30.5 Å². The largest absolute Gasteiger partial charge is 0.355 e. The lowest BCUT2D eigenvalue weighted by atomic mass is 10.1. The molecule has 0 aliphatic carbocycles. The number of anilines is 1. The molecule has 9 heteroatoms. The highest BCUT2D eigenvalue weighted by atomic mass is 35.5. The summed E-state index contributed by atoms with van der Waals surface area (Å²) in [7, 11) is -4.13. The number of halogens is 1. The summed E-state index contributed by atoms with van der Waals surface area (Å²) in [6, 6.07) is 19.6. The molecule has 0 unspecified atom stereocenters. The van der Waals surface area contributed by atoms with Gasteiger partial charge in [0, 0.05) is 18.1 Å². The maximum Gasteiger partial charge on any atom is 0.264 e. The van der Waals surface area contributed by atoms with Gasteiger partial charge in [0.05, 0.1) is 10.6 Å². The summed E-state index contributed by atoms with van der Waals surface area (Å²) < 4.78 is 28.6. The van der Waals surface area contributed by atoms with Gasteiger partial charge in [0.25, 0.3) is 10.0 Å². The fourth-order valence-electron chi connectivity index (χ4n) is 3.96. The van der Waals surface area contributed by atoms with Gasteiger partial charge in [-0.15, -0.1) is 0 Å². The van der Waals surface area contributed by atoms with E-state index < -0.39 is 28.5 Å². The molecule has 196 valence electrons. The first-order valence-electron chi connectivity index (χ1n) is 12.0. The quantitative estimate of drug-likeness (QED) is 0.403. The van der Waals surface area contributed by atoms with E-state index in [1.807, 2.05) is 44.2 Å². The summed E-state index contributed by atoms with van der Waals surface area (Å²) in [5.74, 6) is -0.814. The molecule has 0 saturated heterocycles. The first-order valence-corrected chi connectivity index (χ1v) is 13.8. The van der Waals surface area contributed by atoms with Gasteiger partial charge in [-0.2, -0.15) is 0 Å². The second kappa shape index (κ2) is 12.3. The molecule has 0 spiro atoms. The first kappa shape index (κ1) is 28.2. The van der Waals surface area contributed by atoms with Crippen LogP contribution < -0.4 is 9.62 Å². The minimum atomic E-state index is -4.13. The summed E-state index contributed by atoms with van der Waals surface area (Å²) in [6.07, 6.45) is 0. The van der Waals surface area contributed by atoms with E-state index in [0.717, 1.165) is 21.0 Å². The third-order valence-corrected chi connectivity index (χ3v) is 7.96. The van der Waals surface area contributed by atoms with Crippen LogP contribution in [0.3, 0.4) is 0 Å². The number of carbonyl (C=O) groups is 2. The van der Waals surface area contributed by atoms with E-state index in [4.69, 9.17) is 11.6 Å². The van der Waals surface area contributed by atoms with Crippen LogP contribution in [0.15, 0.2) is 77.7 Å². The SMILES string of the molecule is CCNC(=O)[C@@H](C)N(Cc1cccc(C)c1)C(=O)CN(c1cccc(C)c1)S(=O)(=O)c1ccc(Cl)cc1. The second-order valence-corrected chi connectivity index (χ2v) is 11.2. The molecule has 0 aromatic heterocycles. The molecule has 0 heterocycles. The lowest BCUT2D eigenvalue weighted by molar-refractivity contribution is -0.139. The Bertz CT molecular complexity index is 1360. The Morgan fingerprint density at radius 3 is 2.16 bits per heavy atom. The van der Waals surface area contributed by atoms with Crippen molar-refractivity contribution < 1.29 is 18.0 Å². The number of hydrogen-bond acceptors (Lipinski definition) is 4.